The predicted molar refractivity (Wildman–Crippen MR) is 57.3 cm³/mol. The van der Waals surface area contributed by atoms with E-state index in [0.29, 0.717) is 5.41 Å². The third-order valence-electron chi connectivity index (χ3n) is 2.54. The van der Waals surface area contributed by atoms with Crippen LogP contribution in [0.3, 0.4) is 0 Å². The van der Waals surface area contributed by atoms with Gasteiger partial charge in [0.15, 0.2) is 0 Å². The number of hydrogen-bond acceptors (Lipinski definition) is 0. The van der Waals surface area contributed by atoms with Gasteiger partial charge in [0, 0.05) is 0 Å². The second kappa shape index (κ2) is 5.18. The summed E-state index contributed by atoms with van der Waals surface area (Å²) in [5.74, 6) is 0. The molecular formula is C12H22. The Labute approximate surface area is 77.4 Å². The van der Waals surface area contributed by atoms with Crippen molar-refractivity contribution in [2.75, 3.05) is 0 Å². The lowest BCUT2D eigenvalue weighted by Gasteiger charge is -2.24. The van der Waals surface area contributed by atoms with Gasteiger partial charge in [0.2, 0.25) is 0 Å². The summed E-state index contributed by atoms with van der Waals surface area (Å²) in [6.07, 6.45) is 7.85. The second-order valence-corrected chi connectivity index (χ2v) is 3.85. The van der Waals surface area contributed by atoms with Gasteiger partial charge < -0.3 is 0 Å². The molecule has 0 aromatic carbocycles. The van der Waals surface area contributed by atoms with E-state index in [1.165, 1.54) is 12.0 Å². The molecule has 0 rings (SSSR count). The summed E-state index contributed by atoms with van der Waals surface area (Å²) >= 11 is 0. The molecule has 0 saturated heterocycles. The molecule has 0 amide bonds. The van der Waals surface area contributed by atoms with Crippen molar-refractivity contribution < 1.29 is 0 Å². The molecule has 70 valence electrons. The molecule has 1 unspecified atom stereocenters. The lowest BCUT2D eigenvalue weighted by molar-refractivity contribution is 0.407. The Bertz CT molecular complexity index is 165. The molecule has 0 saturated carbocycles. The fraction of sp³-hybridized carbons (Fsp3) is 0.667. The van der Waals surface area contributed by atoms with Crippen LogP contribution in [0.1, 0.15) is 47.0 Å². The van der Waals surface area contributed by atoms with Crippen LogP contribution in [0, 0.1) is 5.41 Å². The topological polar surface area (TPSA) is 0 Å². The van der Waals surface area contributed by atoms with E-state index in [1.54, 1.807) is 0 Å². The first-order valence-corrected chi connectivity index (χ1v) is 4.87. The van der Waals surface area contributed by atoms with Crippen molar-refractivity contribution in [3.05, 3.63) is 24.3 Å². The first-order chi connectivity index (χ1) is 5.58. The molecule has 12 heavy (non-hydrogen) atoms. The molecule has 0 heterocycles. The third kappa shape index (κ3) is 3.75. The molecule has 0 aliphatic carbocycles. The normalized spacial score (nSPS) is 17.2. The summed E-state index contributed by atoms with van der Waals surface area (Å²) in [5.41, 5.74) is 1.79. The Morgan fingerprint density at radius 3 is 2.33 bits per heavy atom. The van der Waals surface area contributed by atoms with E-state index in [1.807, 2.05) is 0 Å². The van der Waals surface area contributed by atoms with Gasteiger partial charge in [-0.2, -0.15) is 0 Å². The van der Waals surface area contributed by atoms with Gasteiger partial charge in [0.05, 0.1) is 0 Å². The largest absolute Gasteiger partial charge is 0.103 e. The summed E-state index contributed by atoms with van der Waals surface area (Å²) in [7, 11) is 0. The van der Waals surface area contributed by atoms with Crippen molar-refractivity contribution in [1.82, 2.24) is 0 Å². The van der Waals surface area contributed by atoms with Crippen molar-refractivity contribution in [2.24, 2.45) is 5.41 Å². The minimum atomic E-state index is 0.301. The van der Waals surface area contributed by atoms with E-state index in [4.69, 9.17) is 0 Å². The highest BCUT2D eigenvalue weighted by Crippen LogP contribution is 2.30. The van der Waals surface area contributed by atoms with Gasteiger partial charge in [0.1, 0.15) is 0 Å². The molecule has 0 heteroatoms. The zero-order valence-corrected chi connectivity index (χ0v) is 8.98. The minimum Gasteiger partial charge on any atom is -0.103 e. The third-order valence-corrected chi connectivity index (χ3v) is 2.54. The number of hydrogen-bond donors (Lipinski definition) is 0. The molecule has 1 atom stereocenters. The average Bonchev–Trinajstić information content (AvgIpc) is 2.05. The van der Waals surface area contributed by atoms with Gasteiger partial charge in [-0.05, 0) is 31.6 Å². The van der Waals surface area contributed by atoms with E-state index in [2.05, 4.69) is 46.4 Å². The average molecular weight is 166 g/mol. The number of allylic oxidation sites excluding steroid dienone is 3. The molecule has 0 fully saturated rings. The summed E-state index contributed by atoms with van der Waals surface area (Å²) in [6.45, 7) is 12.8. The van der Waals surface area contributed by atoms with Gasteiger partial charge in [0.25, 0.3) is 0 Å². The van der Waals surface area contributed by atoms with Crippen molar-refractivity contribution in [3.8, 4) is 0 Å². The van der Waals surface area contributed by atoms with Gasteiger partial charge in [-0.1, -0.05) is 38.5 Å². The Kier molecular flexibility index (Phi) is 4.96. The van der Waals surface area contributed by atoms with Crippen molar-refractivity contribution in [3.63, 3.8) is 0 Å². The maximum absolute atomic E-state index is 3.89. The van der Waals surface area contributed by atoms with Crippen molar-refractivity contribution in [1.29, 1.82) is 0 Å². The van der Waals surface area contributed by atoms with E-state index in [-0.39, 0.29) is 0 Å². The van der Waals surface area contributed by atoms with Crippen LogP contribution in [0.15, 0.2) is 24.3 Å². The first kappa shape index (κ1) is 11.5. The maximum atomic E-state index is 3.89. The van der Waals surface area contributed by atoms with Crippen LogP contribution in [0.4, 0.5) is 0 Å². The van der Waals surface area contributed by atoms with Crippen LogP contribution in [-0.2, 0) is 0 Å². The lowest BCUT2D eigenvalue weighted by Crippen LogP contribution is -2.11. The van der Waals surface area contributed by atoms with Crippen LogP contribution in [0.5, 0.6) is 0 Å². The van der Waals surface area contributed by atoms with E-state index < -0.39 is 0 Å². The molecule has 0 N–H and O–H groups in total. The fourth-order valence-electron chi connectivity index (χ4n) is 1.40. The Balaban J connectivity index is 4.20. The summed E-state index contributed by atoms with van der Waals surface area (Å²) < 4.78 is 0. The second-order valence-electron chi connectivity index (χ2n) is 3.85. The summed E-state index contributed by atoms with van der Waals surface area (Å²) in [6, 6.07) is 0. The molecule has 0 nitrogen and oxygen atoms in total. The summed E-state index contributed by atoms with van der Waals surface area (Å²) in [4.78, 5) is 0. The van der Waals surface area contributed by atoms with Gasteiger partial charge in [-0.3, -0.25) is 0 Å². The Morgan fingerprint density at radius 1 is 1.42 bits per heavy atom. The minimum absolute atomic E-state index is 0.301. The molecule has 0 aromatic heterocycles. The summed E-state index contributed by atoms with van der Waals surface area (Å²) in [5, 5.41) is 0. The molecule has 0 bridgehead atoms. The SMILES string of the molecule is C=CC(C)(CC)CC(C)=CCC. The quantitative estimate of drug-likeness (QED) is 0.533. The van der Waals surface area contributed by atoms with E-state index >= 15 is 0 Å². The van der Waals surface area contributed by atoms with Crippen LogP contribution < -0.4 is 0 Å². The van der Waals surface area contributed by atoms with Crippen LogP contribution in [0.25, 0.3) is 0 Å². The van der Waals surface area contributed by atoms with Gasteiger partial charge >= 0.3 is 0 Å². The van der Waals surface area contributed by atoms with Crippen LogP contribution >= 0.6 is 0 Å². The monoisotopic (exact) mass is 166 g/mol. The van der Waals surface area contributed by atoms with Gasteiger partial charge in [-0.15, -0.1) is 6.58 Å². The van der Waals surface area contributed by atoms with Crippen molar-refractivity contribution in [2.45, 2.75) is 47.0 Å². The fourth-order valence-corrected chi connectivity index (χ4v) is 1.40. The predicted octanol–water partition coefficient (Wildman–Crippen LogP) is 4.34. The maximum Gasteiger partial charge on any atom is -0.0115 e. The zero-order valence-electron chi connectivity index (χ0n) is 8.98. The highest BCUT2D eigenvalue weighted by atomic mass is 14.2. The lowest BCUT2D eigenvalue weighted by atomic mass is 9.81. The molecule has 0 aliphatic heterocycles. The standard InChI is InChI=1S/C12H22/c1-6-9-11(4)10-12(5,7-2)8-3/h7,9H,2,6,8,10H2,1,3-5H3. The zero-order chi connectivity index (χ0) is 9.61. The van der Waals surface area contributed by atoms with Crippen molar-refractivity contribution >= 4 is 0 Å². The van der Waals surface area contributed by atoms with E-state index in [0.717, 1.165) is 12.8 Å². The van der Waals surface area contributed by atoms with E-state index in [9.17, 15) is 0 Å². The highest BCUT2D eigenvalue weighted by molar-refractivity contribution is 5.06. The highest BCUT2D eigenvalue weighted by Gasteiger charge is 2.17. The van der Waals surface area contributed by atoms with Gasteiger partial charge in [-0.25, -0.2) is 0 Å². The van der Waals surface area contributed by atoms with Crippen LogP contribution in [-0.4, -0.2) is 0 Å². The van der Waals surface area contributed by atoms with Crippen LogP contribution in [0.2, 0.25) is 0 Å². The smallest absolute Gasteiger partial charge is 0.0115 e. The first-order valence-electron chi connectivity index (χ1n) is 4.87. The number of rotatable bonds is 5. The molecule has 0 aromatic rings. The Morgan fingerprint density at radius 2 is 2.00 bits per heavy atom. The molecular weight excluding hydrogens is 144 g/mol. The molecule has 0 spiro atoms. The molecule has 0 aliphatic rings. The molecule has 0 radical (unpaired) electrons. The Hall–Kier alpha value is -0.520.